The third-order valence-electron chi connectivity index (χ3n) is 5.49. The van der Waals surface area contributed by atoms with E-state index < -0.39 is 0 Å². The number of fused-ring (bicyclic) bond motifs is 1. The van der Waals surface area contributed by atoms with Crippen molar-refractivity contribution in [1.82, 2.24) is 10.3 Å². The number of hydrogen-bond donors (Lipinski definition) is 3. The van der Waals surface area contributed by atoms with Gasteiger partial charge in [0, 0.05) is 18.2 Å². The predicted octanol–water partition coefficient (Wildman–Crippen LogP) is 4.79. The van der Waals surface area contributed by atoms with E-state index >= 15 is 0 Å². The van der Waals surface area contributed by atoms with Crippen LogP contribution in [0.5, 0.6) is 0 Å². The number of furan rings is 1. The van der Waals surface area contributed by atoms with Crippen molar-refractivity contribution in [3.8, 4) is 11.5 Å². The zero-order valence-corrected chi connectivity index (χ0v) is 19.2. The fraction of sp³-hybridized carbons (Fsp3) is 0.200. The summed E-state index contributed by atoms with van der Waals surface area (Å²) in [5.41, 5.74) is 1.44. The maximum absolute atomic E-state index is 13.2. The lowest BCUT2D eigenvalue weighted by atomic mass is 10.0. The maximum Gasteiger partial charge on any atom is 0.259 e. The van der Waals surface area contributed by atoms with E-state index in [1.807, 2.05) is 30.3 Å². The summed E-state index contributed by atoms with van der Waals surface area (Å²) in [6.07, 6.45) is 1.75. The quantitative estimate of drug-likeness (QED) is 0.356. The molecule has 0 unspecified atom stereocenters. The minimum Gasteiger partial charge on any atom is -0.458 e. The third-order valence-corrected chi connectivity index (χ3v) is 6.24. The summed E-state index contributed by atoms with van der Waals surface area (Å²) < 4.78 is 5.73. The van der Waals surface area contributed by atoms with Gasteiger partial charge in [0.05, 0.1) is 17.8 Å². The normalized spacial score (nSPS) is 13.0. The van der Waals surface area contributed by atoms with Crippen LogP contribution in [-0.2, 0) is 16.1 Å². The van der Waals surface area contributed by atoms with Crippen molar-refractivity contribution in [3.05, 3.63) is 65.2 Å². The lowest BCUT2D eigenvalue weighted by molar-refractivity contribution is -0.119. The van der Waals surface area contributed by atoms with Crippen LogP contribution in [0.2, 0.25) is 0 Å². The van der Waals surface area contributed by atoms with E-state index in [9.17, 15) is 14.4 Å². The monoisotopic (exact) mass is 474 g/mol. The highest BCUT2D eigenvalue weighted by Gasteiger charge is 2.30. The number of nitrogens with zero attached hydrogens (tertiary/aromatic N) is 1. The van der Waals surface area contributed by atoms with Crippen molar-refractivity contribution in [2.45, 2.75) is 26.3 Å². The summed E-state index contributed by atoms with van der Waals surface area (Å²) in [6.45, 7) is 1.73. The van der Waals surface area contributed by atoms with Crippen molar-refractivity contribution in [3.63, 3.8) is 0 Å². The van der Waals surface area contributed by atoms with Gasteiger partial charge in [-0.3, -0.25) is 19.7 Å². The fourth-order valence-corrected chi connectivity index (χ4v) is 4.24. The molecule has 1 aliphatic carbocycles. The van der Waals surface area contributed by atoms with E-state index in [1.165, 1.54) is 18.3 Å². The molecule has 3 amide bonds. The third kappa shape index (κ3) is 4.84. The molecule has 0 spiro atoms. The van der Waals surface area contributed by atoms with Crippen LogP contribution in [0.15, 0.2) is 58.3 Å². The zero-order chi connectivity index (χ0) is 23.7. The van der Waals surface area contributed by atoms with Crippen LogP contribution < -0.4 is 16.0 Å². The van der Waals surface area contributed by atoms with E-state index in [4.69, 9.17) is 4.42 Å². The van der Waals surface area contributed by atoms with E-state index in [0.717, 1.165) is 23.6 Å². The van der Waals surface area contributed by atoms with E-state index in [2.05, 4.69) is 20.9 Å². The summed E-state index contributed by atoms with van der Waals surface area (Å²) >= 11 is 1.27. The number of amides is 3. The summed E-state index contributed by atoms with van der Waals surface area (Å²) in [6, 6.07) is 14.8. The Morgan fingerprint density at radius 2 is 1.82 bits per heavy atom. The second-order valence-corrected chi connectivity index (χ2v) is 9.03. The number of aromatic nitrogens is 1. The first-order chi connectivity index (χ1) is 16.5. The topological polar surface area (TPSA) is 113 Å². The van der Waals surface area contributed by atoms with Gasteiger partial charge in [0.1, 0.15) is 11.5 Å². The maximum atomic E-state index is 13.2. The lowest BCUT2D eigenvalue weighted by Gasteiger charge is -2.12. The summed E-state index contributed by atoms with van der Waals surface area (Å²) in [5.74, 6) is 0.610. The number of thiazole rings is 1. The number of rotatable bonds is 7. The number of anilines is 2. The van der Waals surface area contributed by atoms with Crippen LogP contribution in [-0.4, -0.2) is 22.7 Å². The predicted molar refractivity (Wildman–Crippen MR) is 131 cm³/mol. The molecule has 2 heterocycles. The molecule has 0 radical (unpaired) electrons. The first-order valence-corrected chi connectivity index (χ1v) is 11.8. The molecule has 1 aliphatic rings. The van der Waals surface area contributed by atoms with Crippen molar-refractivity contribution in [1.29, 1.82) is 0 Å². The average molecular weight is 475 g/mol. The van der Waals surface area contributed by atoms with Crippen LogP contribution in [0.3, 0.4) is 0 Å². The van der Waals surface area contributed by atoms with Gasteiger partial charge in [-0.25, -0.2) is 4.98 Å². The van der Waals surface area contributed by atoms with Gasteiger partial charge >= 0.3 is 0 Å². The zero-order valence-electron chi connectivity index (χ0n) is 18.4. The number of carbonyl (C=O) groups is 3. The van der Waals surface area contributed by atoms with Gasteiger partial charge < -0.3 is 15.1 Å². The Bertz CT molecular complexity index is 1400. The summed E-state index contributed by atoms with van der Waals surface area (Å²) in [4.78, 5) is 41.1. The van der Waals surface area contributed by atoms with Crippen LogP contribution in [0, 0.1) is 5.92 Å². The standard InChI is InChI=1S/C25H22N4O4S/c1-14(30)26-12-18-8-9-22(33-18)21-13-34-25(28-21)29-24(32)19-10-16-4-2-3-5-17(16)11-20(19)27-23(31)15-6-7-15/h2-5,8-11,13,15H,6-7,12H2,1H3,(H,26,30)(H,27,31)(H,28,29,32). The molecule has 0 saturated heterocycles. The Morgan fingerprint density at radius 3 is 2.56 bits per heavy atom. The summed E-state index contributed by atoms with van der Waals surface area (Å²) in [7, 11) is 0. The molecular formula is C25H22N4O4S. The number of hydrogen-bond acceptors (Lipinski definition) is 6. The van der Waals surface area contributed by atoms with Crippen molar-refractivity contribution >= 4 is 50.6 Å². The Hall–Kier alpha value is -3.98. The van der Waals surface area contributed by atoms with Crippen molar-refractivity contribution < 1.29 is 18.8 Å². The van der Waals surface area contributed by atoms with Gasteiger partial charge in [0.2, 0.25) is 11.8 Å². The van der Waals surface area contributed by atoms with Crippen molar-refractivity contribution in [2.75, 3.05) is 10.6 Å². The minimum atomic E-state index is -0.358. The first-order valence-electron chi connectivity index (χ1n) is 10.9. The molecule has 8 nitrogen and oxygen atoms in total. The minimum absolute atomic E-state index is 0.0211. The first kappa shape index (κ1) is 21.8. The van der Waals surface area contributed by atoms with Crippen LogP contribution in [0.25, 0.3) is 22.2 Å². The van der Waals surface area contributed by atoms with Crippen LogP contribution in [0.1, 0.15) is 35.9 Å². The van der Waals surface area contributed by atoms with Gasteiger partial charge in [0.15, 0.2) is 10.9 Å². The van der Waals surface area contributed by atoms with Gasteiger partial charge in [-0.1, -0.05) is 24.3 Å². The molecule has 1 fully saturated rings. The largest absolute Gasteiger partial charge is 0.458 e. The molecule has 0 bridgehead atoms. The van der Waals surface area contributed by atoms with Crippen molar-refractivity contribution in [2.24, 2.45) is 5.92 Å². The highest BCUT2D eigenvalue weighted by Crippen LogP contribution is 2.33. The summed E-state index contributed by atoms with van der Waals surface area (Å²) in [5, 5.41) is 12.5. The van der Waals surface area contributed by atoms with Crippen LogP contribution >= 0.6 is 11.3 Å². The Kier molecular flexibility index (Phi) is 5.85. The molecule has 1 saturated carbocycles. The Balaban J connectivity index is 1.36. The van der Waals surface area contributed by atoms with Gasteiger partial charge in [-0.05, 0) is 47.9 Å². The smallest absolute Gasteiger partial charge is 0.259 e. The molecule has 2 aromatic carbocycles. The number of carbonyl (C=O) groups excluding carboxylic acids is 3. The highest BCUT2D eigenvalue weighted by atomic mass is 32.1. The molecule has 0 atom stereocenters. The molecule has 5 rings (SSSR count). The van der Waals surface area contributed by atoms with E-state index in [1.54, 1.807) is 23.6 Å². The second kappa shape index (κ2) is 9.11. The number of nitrogens with one attached hydrogen (secondary N) is 3. The Morgan fingerprint density at radius 1 is 1.06 bits per heavy atom. The van der Waals surface area contributed by atoms with E-state index in [0.29, 0.717) is 40.1 Å². The molecule has 34 heavy (non-hydrogen) atoms. The fourth-order valence-electron chi connectivity index (χ4n) is 3.54. The number of benzene rings is 2. The molecule has 0 aliphatic heterocycles. The Labute approximate surface area is 199 Å². The van der Waals surface area contributed by atoms with Gasteiger partial charge in [0.25, 0.3) is 5.91 Å². The average Bonchev–Trinajstić information content (AvgIpc) is 3.40. The van der Waals surface area contributed by atoms with Gasteiger partial charge in [-0.2, -0.15) is 0 Å². The van der Waals surface area contributed by atoms with Crippen LogP contribution in [0.4, 0.5) is 10.8 Å². The molecule has 172 valence electrons. The molecule has 9 heteroatoms. The second-order valence-electron chi connectivity index (χ2n) is 8.18. The lowest BCUT2D eigenvalue weighted by Crippen LogP contribution is -2.19. The van der Waals surface area contributed by atoms with Gasteiger partial charge in [-0.15, -0.1) is 11.3 Å². The highest BCUT2D eigenvalue weighted by molar-refractivity contribution is 7.14. The SMILES string of the molecule is CC(=O)NCc1ccc(-c2csc(NC(=O)c3cc4ccccc4cc3NC(=O)C3CC3)n2)o1. The molecule has 2 aromatic heterocycles. The molecule has 4 aromatic rings. The van der Waals surface area contributed by atoms with E-state index in [-0.39, 0.29) is 23.6 Å². The molecule has 3 N–H and O–H groups in total. The molecular weight excluding hydrogens is 452 g/mol.